The molecule has 5 nitrogen and oxygen atoms in total. The van der Waals surface area contributed by atoms with Gasteiger partial charge in [0.15, 0.2) is 0 Å². The predicted octanol–water partition coefficient (Wildman–Crippen LogP) is 1.91. The highest BCUT2D eigenvalue weighted by Gasteiger charge is 2.06. The van der Waals surface area contributed by atoms with E-state index < -0.39 is 5.63 Å². The molecule has 0 bridgehead atoms. The third-order valence-corrected chi connectivity index (χ3v) is 2.46. The first kappa shape index (κ1) is 11.9. The van der Waals surface area contributed by atoms with Crippen molar-refractivity contribution in [3.8, 4) is 6.07 Å². The molecule has 0 spiro atoms. The number of amidine groups is 1. The van der Waals surface area contributed by atoms with Crippen molar-refractivity contribution in [1.29, 1.82) is 5.26 Å². The highest BCUT2D eigenvalue weighted by molar-refractivity contribution is 6.01. The molecule has 0 aliphatic heterocycles. The molecule has 0 unspecified atom stereocenters. The third kappa shape index (κ3) is 2.09. The Bertz CT molecular complexity index is 708. The van der Waals surface area contributed by atoms with Crippen LogP contribution in [0.25, 0.3) is 10.8 Å². The van der Waals surface area contributed by atoms with Crippen molar-refractivity contribution in [3.63, 3.8) is 0 Å². The molecule has 0 aliphatic carbocycles. The van der Waals surface area contributed by atoms with Crippen LogP contribution in [0, 0.1) is 11.3 Å². The summed E-state index contributed by atoms with van der Waals surface area (Å²) in [5.41, 5.74) is 0.165. The molecule has 0 saturated carbocycles. The molecule has 0 amide bonds. The van der Waals surface area contributed by atoms with Crippen LogP contribution < -0.4 is 5.63 Å². The molecule has 1 aromatic heterocycles. The Kier molecular flexibility index (Phi) is 3.11. The Morgan fingerprint density at radius 3 is 2.78 bits per heavy atom. The largest absolute Gasteiger partial charge is 0.431 e. The molecule has 1 heterocycles. The van der Waals surface area contributed by atoms with Crippen LogP contribution in [0.15, 0.2) is 44.7 Å². The number of hydrogen-bond acceptors (Lipinski definition) is 4. The van der Waals surface area contributed by atoms with Gasteiger partial charge in [-0.25, -0.2) is 9.79 Å². The monoisotopic (exact) mass is 241 g/mol. The lowest BCUT2D eigenvalue weighted by atomic mass is 10.1. The molecule has 0 saturated heterocycles. The summed E-state index contributed by atoms with van der Waals surface area (Å²) in [6.07, 6.45) is 1.32. The van der Waals surface area contributed by atoms with Gasteiger partial charge < -0.3 is 9.32 Å². The lowest BCUT2D eigenvalue weighted by Crippen LogP contribution is -2.19. The zero-order valence-electron chi connectivity index (χ0n) is 10.0. The van der Waals surface area contributed by atoms with Crippen LogP contribution in [0.4, 0.5) is 5.69 Å². The van der Waals surface area contributed by atoms with Gasteiger partial charge in [0.25, 0.3) is 0 Å². The minimum Gasteiger partial charge on any atom is -0.431 e. The van der Waals surface area contributed by atoms with Crippen molar-refractivity contribution in [2.75, 3.05) is 14.1 Å². The van der Waals surface area contributed by atoms with E-state index in [9.17, 15) is 4.79 Å². The van der Waals surface area contributed by atoms with Gasteiger partial charge in [0.05, 0.1) is 17.3 Å². The van der Waals surface area contributed by atoms with Crippen LogP contribution in [-0.4, -0.2) is 24.8 Å². The third-order valence-electron chi connectivity index (χ3n) is 2.46. The molecular formula is C13H11N3O2. The average Bonchev–Trinajstić information content (AvgIpc) is 2.36. The fourth-order valence-electron chi connectivity index (χ4n) is 1.57. The Balaban J connectivity index is 2.71. The van der Waals surface area contributed by atoms with Crippen LogP contribution in [0.1, 0.15) is 0 Å². The average molecular weight is 241 g/mol. The van der Waals surface area contributed by atoms with Gasteiger partial charge in [-0.05, 0) is 18.2 Å². The fourth-order valence-corrected chi connectivity index (χ4v) is 1.57. The molecule has 2 rings (SSSR count). The van der Waals surface area contributed by atoms with E-state index in [1.807, 2.05) is 6.07 Å². The summed E-state index contributed by atoms with van der Waals surface area (Å²) in [7, 11) is 3.48. The van der Waals surface area contributed by atoms with Gasteiger partial charge in [-0.15, -0.1) is 0 Å². The van der Waals surface area contributed by atoms with Crippen molar-refractivity contribution in [2.45, 2.75) is 0 Å². The second-order valence-electron chi connectivity index (χ2n) is 3.89. The standard InChI is InChI=1S/C13H11N3O2/c1-16(2)12(8-14)15-11-5-3-4-10-9(11)6-7-18-13(10)17/h3-7H,1-2H3. The summed E-state index contributed by atoms with van der Waals surface area (Å²) in [4.78, 5) is 17.4. The minimum atomic E-state index is -0.409. The van der Waals surface area contributed by atoms with Gasteiger partial charge in [0.1, 0.15) is 6.07 Å². The first-order valence-corrected chi connectivity index (χ1v) is 5.30. The molecule has 0 fully saturated rings. The minimum absolute atomic E-state index is 0.274. The van der Waals surface area contributed by atoms with E-state index in [1.54, 1.807) is 43.3 Å². The SMILES string of the molecule is CN(C)C(C#N)=Nc1cccc2c(=O)occc12. The lowest BCUT2D eigenvalue weighted by Gasteiger charge is -2.09. The van der Waals surface area contributed by atoms with Gasteiger partial charge in [0.2, 0.25) is 5.84 Å². The van der Waals surface area contributed by atoms with E-state index in [0.717, 1.165) is 0 Å². The Hall–Kier alpha value is -2.61. The zero-order valence-corrected chi connectivity index (χ0v) is 10.0. The first-order valence-electron chi connectivity index (χ1n) is 5.30. The molecule has 0 atom stereocenters. The van der Waals surface area contributed by atoms with Gasteiger partial charge in [-0.2, -0.15) is 5.26 Å². The molecule has 2 aromatic rings. The van der Waals surface area contributed by atoms with E-state index in [1.165, 1.54) is 6.26 Å². The molecular weight excluding hydrogens is 230 g/mol. The van der Waals surface area contributed by atoms with Crippen LogP contribution in [-0.2, 0) is 0 Å². The maximum absolute atomic E-state index is 11.5. The molecule has 0 radical (unpaired) electrons. The van der Waals surface area contributed by atoms with E-state index in [-0.39, 0.29) is 5.84 Å². The maximum atomic E-state index is 11.5. The second kappa shape index (κ2) is 4.72. The number of nitriles is 1. The Morgan fingerprint density at radius 2 is 2.11 bits per heavy atom. The molecule has 5 heteroatoms. The fraction of sp³-hybridized carbons (Fsp3) is 0.154. The summed E-state index contributed by atoms with van der Waals surface area (Å²) in [5.74, 6) is 0.274. The van der Waals surface area contributed by atoms with Crippen molar-refractivity contribution in [3.05, 3.63) is 40.9 Å². The van der Waals surface area contributed by atoms with Gasteiger partial charge in [-0.3, -0.25) is 0 Å². The number of benzene rings is 1. The molecule has 0 aliphatic rings. The number of nitrogens with zero attached hydrogens (tertiary/aromatic N) is 3. The number of aliphatic imine (C=N–C) groups is 1. The van der Waals surface area contributed by atoms with E-state index in [4.69, 9.17) is 9.68 Å². The van der Waals surface area contributed by atoms with E-state index in [0.29, 0.717) is 16.5 Å². The summed E-state index contributed by atoms with van der Waals surface area (Å²) in [5, 5.41) is 10.1. The highest BCUT2D eigenvalue weighted by Crippen LogP contribution is 2.23. The van der Waals surface area contributed by atoms with Crippen molar-refractivity contribution >= 4 is 22.3 Å². The molecule has 90 valence electrons. The van der Waals surface area contributed by atoms with Crippen LogP contribution in [0.2, 0.25) is 0 Å². The second-order valence-corrected chi connectivity index (χ2v) is 3.89. The highest BCUT2D eigenvalue weighted by atomic mass is 16.4. The van der Waals surface area contributed by atoms with Gasteiger partial charge >= 0.3 is 5.63 Å². The molecule has 1 aromatic carbocycles. The van der Waals surface area contributed by atoms with Crippen molar-refractivity contribution < 1.29 is 4.42 Å². The van der Waals surface area contributed by atoms with Crippen LogP contribution >= 0.6 is 0 Å². The Morgan fingerprint density at radius 1 is 1.33 bits per heavy atom. The zero-order chi connectivity index (χ0) is 13.1. The topological polar surface area (TPSA) is 69.6 Å². The number of fused-ring (bicyclic) bond motifs is 1. The maximum Gasteiger partial charge on any atom is 0.343 e. The van der Waals surface area contributed by atoms with E-state index >= 15 is 0 Å². The summed E-state index contributed by atoms with van der Waals surface area (Å²) in [6, 6.07) is 8.80. The number of rotatable bonds is 1. The summed E-state index contributed by atoms with van der Waals surface area (Å²) in [6.45, 7) is 0. The molecule has 18 heavy (non-hydrogen) atoms. The first-order chi connectivity index (χ1) is 8.63. The lowest BCUT2D eigenvalue weighted by molar-refractivity contribution is 0.519. The van der Waals surface area contributed by atoms with Crippen molar-refractivity contribution in [2.24, 2.45) is 4.99 Å². The van der Waals surface area contributed by atoms with Crippen LogP contribution in [0.3, 0.4) is 0 Å². The van der Waals surface area contributed by atoms with Crippen molar-refractivity contribution in [1.82, 2.24) is 4.90 Å². The normalized spacial score (nSPS) is 11.3. The van der Waals surface area contributed by atoms with Gasteiger partial charge in [-0.1, -0.05) is 6.07 Å². The number of hydrogen-bond donors (Lipinski definition) is 0. The van der Waals surface area contributed by atoms with Gasteiger partial charge in [0, 0.05) is 19.5 Å². The Labute approximate surface area is 104 Å². The van der Waals surface area contributed by atoms with E-state index in [2.05, 4.69) is 4.99 Å². The predicted molar refractivity (Wildman–Crippen MR) is 68.9 cm³/mol. The van der Waals surface area contributed by atoms with Crippen LogP contribution in [0.5, 0.6) is 0 Å². The molecule has 0 N–H and O–H groups in total. The smallest absolute Gasteiger partial charge is 0.343 e. The summed E-state index contributed by atoms with van der Waals surface area (Å²) >= 11 is 0. The quantitative estimate of drug-likeness (QED) is 0.565. The summed E-state index contributed by atoms with van der Waals surface area (Å²) < 4.78 is 4.79.